The lowest BCUT2D eigenvalue weighted by atomic mass is 9.91. The lowest BCUT2D eigenvalue weighted by molar-refractivity contribution is 0.415. The average Bonchev–Trinajstić information content (AvgIpc) is 2.79. The molecule has 0 bridgehead atoms. The van der Waals surface area contributed by atoms with Gasteiger partial charge in [0.1, 0.15) is 5.75 Å². The third kappa shape index (κ3) is 4.32. The van der Waals surface area contributed by atoms with E-state index in [0.29, 0.717) is 6.04 Å². The number of methoxy groups -OCH3 is 1. The van der Waals surface area contributed by atoms with E-state index in [2.05, 4.69) is 64.9 Å². The summed E-state index contributed by atoms with van der Waals surface area (Å²) >= 11 is 0. The molecule has 0 saturated heterocycles. The van der Waals surface area contributed by atoms with Gasteiger partial charge in [-0.05, 0) is 65.3 Å². The van der Waals surface area contributed by atoms with E-state index in [1.807, 2.05) is 24.5 Å². The molecule has 1 aliphatic rings. The maximum absolute atomic E-state index is 5.39. The number of aromatic nitrogens is 1. The van der Waals surface area contributed by atoms with Crippen molar-refractivity contribution in [2.75, 3.05) is 13.7 Å². The fourth-order valence-corrected chi connectivity index (χ4v) is 3.89. The Hall–Kier alpha value is -2.91. The van der Waals surface area contributed by atoms with Crippen molar-refractivity contribution in [3.05, 3.63) is 90.3 Å². The smallest absolute Gasteiger partial charge is 0.119 e. The van der Waals surface area contributed by atoms with Gasteiger partial charge in [0.25, 0.3) is 0 Å². The number of benzene rings is 2. The Morgan fingerprint density at radius 3 is 2.75 bits per heavy atom. The van der Waals surface area contributed by atoms with Crippen LogP contribution in [0.25, 0.3) is 16.7 Å². The Balaban J connectivity index is 1.46. The number of nitrogens with one attached hydrogen (secondary N) is 1. The molecule has 1 N–H and O–H groups in total. The SMILES string of the molecule is COc1cccc(-c2ccncc2CCC2CC(c3ccccc3)=CCN2)c1. The Labute approximate surface area is 167 Å². The Kier molecular flexibility index (Phi) is 5.83. The highest BCUT2D eigenvalue weighted by atomic mass is 16.5. The van der Waals surface area contributed by atoms with E-state index in [4.69, 9.17) is 4.74 Å². The fraction of sp³-hybridized carbons (Fsp3) is 0.240. The molecule has 0 spiro atoms. The fourth-order valence-electron chi connectivity index (χ4n) is 3.89. The second-order valence-corrected chi connectivity index (χ2v) is 7.21. The van der Waals surface area contributed by atoms with Crippen LogP contribution in [0.15, 0.2) is 79.1 Å². The molecule has 2 heterocycles. The molecular weight excluding hydrogens is 344 g/mol. The molecule has 142 valence electrons. The van der Waals surface area contributed by atoms with Crippen LogP contribution >= 0.6 is 0 Å². The lowest BCUT2D eigenvalue weighted by Crippen LogP contribution is -2.33. The van der Waals surface area contributed by atoms with Crippen molar-refractivity contribution in [2.24, 2.45) is 0 Å². The highest BCUT2D eigenvalue weighted by Crippen LogP contribution is 2.29. The van der Waals surface area contributed by atoms with E-state index >= 15 is 0 Å². The predicted octanol–water partition coefficient (Wildman–Crippen LogP) is 5.14. The van der Waals surface area contributed by atoms with Crippen LogP contribution in [0, 0.1) is 0 Å². The van der Waals surface area contributed by atoms with E-state index in [0.717, 1.165) is 31.6 Å². The molecule has 1 aromatic heterocycles. The quantitative estimate of drug-likeness (QED) is 0.653. The molecule has 3 nitrogen and oxygen atoms in total. The van der Waals surface area contributed by atoms with Crippen LogP contribution < -0.4 is 10.1 Å². The van der Waals surface area contributed by atoms with Gasteiger partial charge in [-0.1, -0.05) is 48.5 Å². The molecule has 1 atom stereocenters. The first-order valence-electron chi connectivity index (χ1n) is 9.88. The summed E-state index contributed by atoms with van der Waals surface area (Å²) in [4.78, 5) is 4.38. The highest BCUT2D eigenvalue weighted by molar-refractivity contribution is 5.68. The maximum Gasteiger partial charge on any atom is 0.119 e. The van der Waals surface area contributed by atoms with Crippen LogP contribution in [0.4, 0.5) is 0 Å². The number of aryl methyl sites for hydroxylation is 1. The van der Waals surface area contributed by atoms with Gasteiger partial charge in [-0.15, -0.1) is 0 Å². The van der Waals surface area contributed by atoms with Gasteiger partial charge in [-0.3, -0.25) is 4.98 Å². The Morgan fingerprint density at radius 1 is 1.04 bits per heavy atom. The minimum absolute atomic E-state index is 0.485. The Morgan fingerprint density at radius 2 is 1.89 bits per heavy atom. The summed E-state index contributed by atoms with van der Waals surface area (Å²) in [5.74, 6) is 0.881. The molecule has 0 aliphatic carbocycles. The number of rotatable bonds is 6. The Bertz CT molecular complexity index is 950. The van der Waals surface area contributed by atoms with Crippen molar-refractivity contribution in [1.29, 1.82) is 0 Å². The van der Waals surface area contributed by atoms with Gasteiger partial charge in [-0.25, -0.2) is 0 Å². The number of nitrogens with zero attached hydrogens (tertiary/aromatic N) is 1. The van der Waals surface area contributed by atoms with Gasteiger partial charge in [0.15, 0.2) is 0 Å². The normalized spacial score (nSPS) is 16.5. The van der Waals surface area contributed by atoms with Crippen LogP contribution in [-0.2, 0) is 6.42 Å². The molecule has 2 aromatic carbocycles. The van der Waals surface area contributed by atoms with Crippen LogP contribution in [0.3, 0.4) is 0 Å². The largest absolute Gasteiger partial charge is 0.497 e. The van der Waals surface area contributed by atoms with Crippen molar-refractivity contribution >= 4 is 5.57 Å². The van der Waals surface area contributed by atoms with Crippen molar-refractivity contribution < 1.29 is 4.74 Å². The summed E-state index contributed by atoms with van der Waals surface area (Å²) in [5, 5.41) is 3.65. The molecule has 0 amide bonds. The van der Waals surface area contributed by atoms with Crippen LogP contribution in [0.2, 0.25) is 0 Å². The first kappa shape index (κ1) is 18.5. The summed E-state index contributed by atoms with van der Waals surface area (Å²) in [6, 6.07) is 21.5. The molecule has 3 aromatic rings. The molecular formula is C25H26N2O. The summed E-state index contributed by atoms with van der Waals surface area (Å²) < 4.78 is 5.39. The predicted molar refractivity (Wildman–Crippen MR) is 115 cm³/mol. The van der Waals surface area contributed by atoms with E-state index < -0.39 is 0 Å². The zero-order chi connectivity index (χ0) is 19.2. The van der Waals surface area contributed by atoms with Gasteiger partial charge in [0.2, 0.25) is 0 Å². The second kappa shape index (κ2) is 8.85. The van der Waals surface area contributed by atoms with E-state index in [-0.39, 0.29) is 0 Å². The summed E-state index contributed by atoms with van der Waals surface area (Å²) in [5.41, 5.74) is 6.49. The van der Waals surface area contributed by atoms with Gasteiger partial charge in [0, 0.05) is 25.0 Å². The number of pyridine rings is 1. The zero-order valence-corrected chi connectivity index (χ0v) is 16.3. The highest BCUT2D eigenvalue weighted by Gasteiger charge is 2.17. The molecule has 0 saturated carbocycles. The average molecular weight is 370 g/mol. The van der Waals surface area contributed by atoms with Crippen molar-refractivity contribution in [1.82, 2.24) is 10.3 Å². The van der Waals surface area contributed by atoms with E-state index in [1.54, 1.807) is 7.11 Å². The minimum Gasteiger partial charge on any atom is -0.497 e. The minimum atomic E-state index is 0.485. The third-order valence-electron chi connectivity index (χ3n) is 5.41. The molecule has 4 rings (SSSR count). The first-order chi connectivity index (χ1) is 13.8. The number of hydrogen-bond donors (Lipinski definition) is 1. The zero-order valence-electron chi connectivity index (χ0n) is 16.3. The number of ether oxygens (including phenoxy) is 1. The molecule has 0 radical (unpaired) electrons. The first-order valence-corrected chi connectivity index (χ1v) is 9.88. The molecule has 28 heavy (non-hydrogen) atoms. The van der Waals surface area contributed by atoms with Crippen molar-refractivity contribution in [3.63, 3.8) is 0 Å². The van der Waals surface area contributed by atoms with Crippen molar-refractivity contribution in [2.45, 2.75) is 25.3 Å². The van der Waals surface area contributed by atoms with Crippen LogP contribution in [-0.4, -0.2) is 24.7 Å². The third-order valence-corrected chi connectivity index (χ3v) is 5.41. The monoisotopic (exact) mass is 370 g/mol. The van der Waals surface area contributed by atoms with Gasteiger partial charge in [0.05, 0.1) is 7.11 Å². The molecule has 3 heteroatoms. The second-order valence-electron chi connectivity index (χ2n) is 7.21. The summed E-state index contributed by atoms with van der Waals surface area (Å²) in [7, 11) is 1.71. The summed E-state index contributed by atoms with van der Waals surface area (Å²) in [6.07, 6.45) is 9.35. The van der Waals surface area contributed by atoms with E-state index in [1.165, 1.54) is 27.8 Å². The maximum atomic E-state index is 5.39. The topological polar surface area (TPSA) is 34.1 Å². The van der Waals surface area contributed by atoms with Crippen LogP contribution in [0.1, 0.15) is 24.0 Å². The van der Waals surface area contributed by atoms with Gasteiger partial charge >= 0.3 is 0 Å². The van der Waals surface area contributed by atoms with Crippen LogP contribution in [0.5, 0.6) is 5.75 Å². The molecule has 0 fully saturated rings. The standard InChI is InChI=1S/C25H26N2O/c1-28-24-9-5-8-21(17-24)25-13-14-26-18-22(25)10-11-23-16-20(12-15-27-23)19-6-3-2-4-7-19/h2-9,12-14,17-18,23,27H,10-11,15-16H2,1H3. The van der Waals surface area contributed by atoms with Gasteiger partial charge < -0.3 is 10.1 Å². The molecule has 1 unspecified atom stereocenters. The summed E-state index contributed by atoms with van der Waals surface area (Å²) in [6.45, 7) is 0.935. The van der Waals surface area contributed by atoms with Gasteiger partial charge in [-0.2, -0.15) is 0 Å². The van der Waals surface area contributed by atoms with Crippen molar-refractivity contribution in [3.8, 4) is 16.9 Å². The molecule has 1 aliphatic heterocycles. The number of hydrogen-bond acceptors (Lipinski definition) is 3. The lowest BCUT2D eigenvalue weighted by Gasteiger charge is -2.25. The van der Waals surface area contributed by atoms with E-state index in [9.17, 15) is 0 Å².